The van der Waals surface area contributed by atoms with Crippen molar-refractivity contribution in [1.29, 1.82) is 0 Å². The average molecular weight is 584 g/mol. The second-order valence-corrected chi connectivity index (χ2v) is 10.8. The summed E-state index contributed by atoms with van der Waals surface area (Å²) < 4.78 is 15.2. The fourth-order valence-corrected chi connectivity index (χ4v) is 5.69. The van der Waals surface area contributed by atoms with Gasteiger partial charge in [0.2, 0.25) is 11.8 Å². The lowest BCUT2D eigenvalue weighted by atomic mass is 9.97. The van der Waals surface area contributed by atoms with Crippen molar-refractivity contribution in [3.05, 3.63) is 80.8 Å². The van der Waals surface area contributed by atoms with E-state index in [0.29, 0.717) is 51.2 Å². The van der Waals surface area contributed by atoms with Crippen LogP contribution in [-0.4, -0.2) is 62.1 Å². The van der Waals surface area contributed by atoms with E-state index in [1.54, 1.807) is 44.9 Å². The molecule has 2 aliphatic rings. The molecule has 0 N–H and O–H groups in total. The first-order valence-electron chi connectivity index (χ1n) is 13.0. The van der Waals surface area contributed by atoms with Crippen molar-refractivity contribution in [2.75, 3.05) is 19.6 Å². The Labute approximate surface area is 241 Å². The van der Waals surface area contributed by atoms with E-state index in [-0.39, 0.29) is 30.5 Å². The number of aromatic nitrogens is 2. The molecule has 2 aromatic carbocycles. The van der Waals surface area contributed by atoms with Crippen LogP contribution < -0.4 is 0 Å². The quantitative estimate of drug-likeness (QED) is 0.399. The lowest BCUT2D eigenvalue weighted by Gasteiger charge is -2.35. The van der Waals surface area contributed by atoms with E-state index in [1.165, 1.54) is 26.0 Å². The van der Waals surface area contributed by atoms with Gasteiger partial charge in [-0.15, -0.1) is 0 Å². The minimum Gasteiger partial charge on any atom is -0.334 e. The zero-order valence-corrected chi connectivity index (χ0v) is 23.7. The molecular weight excluding hydrogens is 556 g/mol. The number of amides is 3. The zero-order valence-electron chi connectivity index (χ0n) is 22.2. The standard InChI is InChI=1S/C29H28Cl2FN5O3/c1-18(38)34-16-21(14-20-6-9-23(32)10-7-20)28-24(17-34)27(33-36(28)26-11-8-22(30)15-25(26)31)29(40)37(19(2)39)35-12-4-3-5-13-35/h6-11,14-15H,3-5,12-13,16-17H2,1-2H3. The summed E-state index contributed by atoms with van der Waals surface area (Å²) in [6, 6.07) is 10.9. The fourth-order valence-electron chi connectivity index (χ4n) is 5.20. The average Bonchev–Trinajstić information content (AvgIpc) is 3.30. The second-order valence-electron chi connectivity index (χ2n) is 9.93. The van der Waals surface area contributed by atoms with E-state index in [0.717, 1.165) is 24.3 Å². The van der Waals surface area contributed by atoms with Crippen molar-refractivity contribution in [2.45, 2.75) is 39.7 Å². The van der Waals surface area contributed by atoms with Crippen LogP contribution in [0.25, 0.3) is 17.3 Å². The number of hydrogen-bond acceptors (Lipinski definition) is 5. The molecule has 0 atom stereocenters. The van der Waals surface area contributed by atoms with Gasteiger partial charge in [-0.2, -0.15) is 5.10 Å². The van der Waals surface area contributed by atoms with Crippen LogP contribution in [0.3, 0.4) is 0 Å². The number of hydrogen-bond donors (Lipinski definition) is 0. The predicted octanol–water partition coefficient (Wildman–Crippen LogP) is 5.61. The largest absolute Gasteiger partial charge is 0.334 e. The number of fused-ring (bicyclic) bond motifs is 1. The molecule has 0 saturated carbocycles. The molecule has 1 fully saturated rings. The van der Waals surface area contributed by atoms with Crippen LogP contribution in [0, 0.1) is 5.82 Å². The van der Waals surface area contributed by atoms with E-state index < -0.39 is 11.8 Å². The molecule has 8 nitrogen and oxygen atoms in total. The third-order valence-corrected chi connectivity index (χ3v) is 7.64. The second kappa shape index (κ2) is 11.5. The van der Waals surface area contributed by atoms with Gasteiger partial charge in [-0.05, 0) is 60.4 Å². The van der Waals surface area contributed by atoms with E-state index in [1.807, 2.05) is 6.08 Å². The molecule has 2 aliphatic heterocycles. The first-order valence-corrected chi connectivity index (χ1v) is 13.8. The smallest absolute Gasteiger partial charge is 0.296 e. The number of rotatable bonds is 4. The fraction of sp³-hybridized carbons (Fsp3) is 0.310. The Kier molecular flexibility index (Phi) is 8.07. The zero-order chi connectivity index (χ0) is 28.6. The Hall–Kier alpha value is -3.53. The van der Waals surface area contributed by atoms with Gasteiger partial charge in [0.05, 0.1) is 22.9 Å². The Bertz CT molecular complexity index is 1510. The van der Waals surface area contributed by atoms with Crippen molar-refractivity contribution < 1.29 is 18.8 Å². The highest BCUT2D eigenvalue weighted by molar-refractivity contribution is 6.35. The summed E-state index contributed by atoms with van der Waals surface area (Å²) in [4.78, 5) is 41.1. The number of benzene rings is 2. The Morgan fingerprint density at radius 2 is 1.68 bits per heavy atom. The first kappa shape index (κ1) is 28.0. The summed E-state index contributed by atoms with van der Waals surface area (Å²) in [6.07, 6.45) is 4.59. The third-order valence-electron chi connectivity index (χ3n) is 7.10. The van der Waals surface area contributed by atoms with Gasteiger partial charge >= 0.3 is 0 Å². The van der Waals surface area contributed by atoms with Crippen molar-refractivity contribution in [3.8, 4) is 5.69 Å². The molecule has 0 spiro atoms. The molecule has 3 aromatic rings. The number of carbonyl (C=O) groups excluding carboxylic acids is 3. The Balaban J connectivity index is 1.73. The number of carbonyl (C=O) groups is 3. The van der Waals surface area contributed by atoms with Crippen molar-refractivity contribution in [2.24, 2.45) is 0 Å². The van der Waals surface area contributed by atoms with Crippen LogP contribution in [0.5, 0.6) is 0 Å². The van der Waals surface area contributed by atoms with Crippen molar-refractivity contribution in [1.82, 2.24) is 24.7 Å². The molecule has 1 aromatic heterocycles. The molecular formula is C29H28Cl2FN5O3. The Morgan fingerprint density at radius 1 is 0.975 bits per heavy atom. The summed E-state index contributed by atoms with van der Waals surface area (Å²) in [5.74, 6) is -1.54. The maximum absolute atomic E-state index is 14.1. The van der Waals surface area contributed by atoms with Gasteiger partial charge in [0.15, 0.2) is 5.69 Å². The highest BCUT2D eigenvalue weighted by Gasteiger charge is 2.37. The highest BCUT2D eigenvalue weighted by Crippen LogP contribution is 2.36. The van der Waals surface area contributed by atoms with Gasteiger partial charge in [-0.3, -0.25) is 14.4 Å². The van der Waals surface area contributed by atoms with E-state index in [9.17, 15) is 18.8 Å². The molecule has 40 heavy (non-hydrogen) atoms. The Morgan fingerprint density at radius 3 is 2.30 bits per heavy atom. The van der Waals surface area contributed by atoms with Gasteiger partial charge in [-0.25, -0.2) is 19.1 Å². The maximum atomic E-state index is 14.1. The molecule has 5 rings (SSSR count). The van der Waals surface area contributed by atoms with Crippen molar-refractivity contribution in [3.63, 3.8) is 0 Å². The molecule has 11 heteroatoms. The van der Waals surface area contributed by atoms with Crippen LogP contribution in [-0.2, 0) is 16.1 Å². The summed E-state index contributed by atoms with van der Waals surface area (Å²) in [6.45, 7) is 4.31. The normalized spacial score (nSPS) is 16.6. The number of imide groups is 1. The summed E-state index contributed by atoms with van der Waals surface area (Å²) in [5.41, 5.74) is 2.99. The summed E-state index contributed by atoms with van der Waals surface area (Å²) in [5, 5.41) is 8.39. The van der Waals surface area contributed by atoms with Crippen LogP contribution in [0.4, 0.5) is 4.39 Å². The van der Waals surface area contributed by atoms with Crippen LogP contribution in [0.2, 0.25) is 10.0 Å². The van der Waals surface area contributed by atoms with Gasteiger partial charge in [0.1, 0.15) is 5.82 Å². The third kappa shape index (κ3) is 5.54. The summed E-state index contributed by atoms with van der Waals surface area (Å²) in [7, 11) is 0. The molecule has 0 bridgehead atoms. The molecule has 3 amide bonds. The number of piperidine rings is 1. The lowest BCUT2D eigenvalue weighted by Crippen LogP contribution is -2.51. The lowest BCUT2D eigenvalue weighted by molar-refractivity contribution is -0.141. The summed E-state index contributed by atoms with van der Waals surface area (Å²) >= 11 is 12.8. The first-order chi connectivity index (χ1) is 19.1. The van der Waals surface area contributed by atoms with Crippen molar-refractivity contribution >= 4 is 52.6 Å². The van der Waals surface area contributed by atoms with E-state index >= 15 is 0 Å². The van der Waals surface area contributed by atoms with E-state index in [2.05, 4.69) is 0 Å². The topological polar surface area (TPSA) is 78.8 Å². The molecule has 3 heterocycles. The predicted molar refractivity (Wildman–Crippen MR) is 151 cm³/mol. The maximum Gasteiger partial charge on any atom is 0.296 e. The monoisotopic (exact) mass is 583 g/mol. The van der Waals surface area contributed by atoms with Crippen LogP contribution in [0.1, 0.15) is 60.4 Å². The van der Waals surface area contributed by atoms with Gasteiger partial charge in [-0.1, -0.05) is 41.8 Å². The SMILES string of the molecule is CC(=O)N1CC(=Cc2ccc(F)cc2)c2c(c(C(=O)N(C(C)=O)N3CCCCC3)nn2-c2ccc(Cl)cc2Cl)C1. The number of nitrogens with zero attached hydrogens (tertiary/aromatic N) is 5. The number of halogens is 3. The molecule has 0 unspecified atom stereocenters. The molecule has 0 radical (unpaired) electrons. The van der Waals surface area contributed by atoms with Gasteiger partial charge in [0.25, 0.3) is 5.91 Å². The molecule has 0 aliphatic carbocycles. The van der Waals surface area contributed by atoms with Crippen LogP contribution >= 0.6 is 23.2 Å². The highest BCUT2D eigenvalue weighted by atomic mass is 35.5. The molecule has 208 valence electrons. The number of hydrazine groups is 1. The van der Waals surface area contributed by atoms with Gasteiger partial charge in [0, 0.05) is 44.1 Å². The minimum atomic E-state index is -0.568. The molecule has 1 saturated heterocycles. The van der Waals surface area contributed by atoms with Gasteiger partial charge < -0.3 is 4.90 Å². The van der Waals surface area contributed by atoms with Crippen LogP contribution in [0.15, 0.2) is 42.5 Å². The van der Waals surface area contributed by atoms with E-state index in [4.69, 9.17) is 28.3 Å². The minimum absolute atomic E-state index is 0.0535.